The van der Waals surface area contributed by atoms with E-state index in [0.717, 1.165) is 60.5 Å². The Morgan fingerprint density at radius 3 is 1.61 bits per heavy atom. The zero-order chi connectivity index (χ0) is 36.2. The second kappa shape index (κ2) is 15.4. The quantitative estimate of drug-likeness (QED) is 0.122. The zero-order valence-corrected chi connectivity index (χ0v) is 30.4. The summed E-state index contributed by atoms with van der Waals surface area (Å²) in [7, 11) is 9.16. The molecule has 2 heterocycles. The minimum atomic E-state index is -0.429. The van der Waals surface area contributed by atoms with E-state index < -0.39 is 11.9 Å². The molecule has 0 unspecified atom stereocenters. The van der Waals surface area contributed by atoms with Crippen molar-refractivity contribution in [2.75, 3.05) is 48.5 Å². The molecule has 0 aromatic heterocycles. The van der Waals surface area contributed by atoms with Gasteiger partial charge in [-0.1, -0.05) is 18.2 Å². The average molecular weight is 695 g/mol. The highest BCUT2D eigenvalue weighted by Gasteiger charge is 2.29. The van der Waals surface area contributed by atoms with E-state index in [4.69, 9.17) is 28.4 Å². The van der Waals surface area contributed by atoms with Gasteiger partial charge in [0.25, 0.3) is 0 Å². The number of likely N-dealkylation sites (N-methyl/N-ethyl adjacent to an activating group) is 2. The van der Waals surface area contributed by atoms with Crippen LogP contribution in [0.5, 0.6) is 40.2 Å². The summed E-state index contributed by atoms with van der Waals surface area (Å²) >= 11 is 0. The number of ether oxygens (including phenoxy) is 6. The minimum absolute atomic E-state index is 0.00442. The number of nitrogens with zero attached hydrogens (tertiary/aromatic N) is 2. The van der Waals surface area contributed by atoms with E-state index in [2.05, 4.69) is 48.2 Å². The molecule has 0 saturated heterocycles. The van der Waals surface area contributed by atoms with Crippen molar-refractivity contribution in [3.63, 3.8) is 0 Å². The topological polar surface area (TPSA) is 96.0 Å². The zero-order valence-electron chi connectivity index (χ0n) is 30.4. The first-order chi connectivity index (χ1) is 24.6. The molecule has 0 fully saturated rings. The lowest BCUT2D eigenvalue weighted by Gasteiger charge is -2.35. The fraction of sp³-hybridized carbons (Fsp3) is 0.366. The molecule has 0 bridgehead atoms. The van der Waals surface area contributed by atoms with Gasteiger partial charge < -0.3 is 28.4 Å². The largest absolute Gasteiger partial charge is 0.493 e. The van der Waals surface area contributed by atoms with E-state index in [0.29, 0.717) is 35.2 Å². The van der Waals surface area contributed by atoms with Crippen LogP contribution in [0.3, 0.4) is 0 Å². The van der Waals surface area contributed by atoms with Crippen LogP contribution >= 0.6 is 0 Å². The van der Waals surface area contributed by atoms with Crippen LogP contribution in [0.15, 0.2) is 66.7 Å². The summed E-state index contributed by atoms with van der Waals surface area (Å²) in [6.45, 7) is 4.57. The number of esters is 2. The molecule has 0 N–H and O–H groups in total. The van der Waals surface area contributed by atoms with Crippen molar-refractivity contribution in [2.45, 2.75) is 51.6 Å². The fourth-order valence-electron chi connectivity index (χ4n) is 7.18. The predicted octanol–water partition coefficient (Wildman–Crippen LogP) is 6.90. The van der Waals surface area contributed by atoms with Crippen LogP contribution in [-0.2, 0) is 35.3 Å². The van der Waals surface area contributed by atoms with Crippen molar-refractivity contribution < 1.29 is 38.0 Å². The van der Waals surface area contributed by atoms with Crippen LogP contribution < -0.4 is 28.4 Å². The number of hydrogen-bond acceptors (Lipinski definition) is 10. The normalized spacial score (nSPS) is 17.2. The Hall–Kier alpha value is -5.06. The summed E-state index contributed by atoms with van der Waals surface area (Å²) in [5.74, 6) is 3.02. The van der Waals surface area contributed by atoms with Gasteiger partial charge >= 0.3 is 11.9 Å². The molecule has 0 saturated carbocycles. The monoisotopic (exact) mass is 694 g/mol. The van der Waals surface area contributed by atoms with Crippen molar-refractivity contribution in [2.24, 2.45) is 0 Å². The van der Waals surface area contributed by atoms with E-state index in [-0.39, 0.29) is 12.1 Å². The van der Waals surface area contributed by atoms with Crippen LogP contribution in [0, 0.1) is 0 Å². The van der Waals surface area contributed by atoms with Crippen LogP contribution in [0.1, 0.15) is 59.3 Å². The first kappa shape index (κ1) is 35.8. The van der Waals surface area contributed by atoms with Gasteiger partial charge in [-0.25, -0.2) is 0 Å². The highest BCUT2D eigenvalue weighted by Crippen LogP contribution is 2.42. The van der Waals surface area contributed by atoms with Crippen molar-refractivity contribution >= 4 is 11.9 Å². The number of methoxy groups -OCH3 is 3. The molecule has 6 rings (SSSR count). The lowest BCUT2D eigenvalue weighted by Crippen LogP contribution is -2.33. The summed E-state index contributed by atoms with van der Waals surface area (Å²) in [5.41, 5.74) is 6.92. The number of carbonyl (C=O) groups excluding carboxylic acids is 2. The Morgan fingerprint density at radius 2 is 1.06 bits per heavy atom. The van der Waals surface area contributed by atoms with Gasteiger partial charge in [0.2, 0.25) is 0 Å². The number of fused-ring (bicyclic) bond motifs is 2. The summed E-state index contributed by atoms with van der Waals surface area (Å²) in [5, 5.41) is 0. The van der Waals surface area contributed by atoms with Gasteiger partial charge in [0.15, 0.2) is 34.5 Å². The molecule has 268 valence electrons. The molecule has 0 amide bonds. The Balaban J connectivity index is 1.24. The third kappa shape index (κ3) is 7.97. The van der Waals surface area contributed by atoms with Gasteiger partial charge in [-0.2, -0.15) is 0 Å². The highest BCUT2D eigenvalue weighted by molar-refractivity contribution is 5.71. The number of rotatable bonds is 11. The van der Waals surface area contributed by atoms with Gasteiger partial charge in [-0.05, 0) is 122 Å². The lowest BCUT2D eigenvalue weighted by molar-refractivity contribution is -0.132. The molecule has 4 aromatic rings. The van der Waals surface area contributed by atoms with E-state index in [1.54, 1.807) is 27.4 Å². The molecule has 0 radical (unpaired) electrons. The number of benzene rings is 4. The summed E-state index contributed by atoms with van der Waals surface area (Å²) in [6.07, 6.45) is 3.26. The van der Waals surface area contributed by atoms with Crippen molar-refractivity contribution in [3.05, 3.63) is 100 Å². The van der Waals surface area contributed by atoms with Crippen LogP contribution in [0.25, 0.3) is 0 Å². The lowest BCUT2D eigenvalue weighted by atomic mass is 9.88. The standard InChI is InChI=1S/C41H46N2O8/c1-25(44)49-36-13-10-28(19-35-33-24-41(50-26(2)45)38(47-6)22-30(33)15-17-43(35)4)20-40(36)51-31-11-8-27(9-12-31)18-34-32-23-39(48-7)37(46-5)21-29(32)14-16-42(34)3/h8-13,20-24,34-35H,14-19H2,1-7H3/t34-,35-/m0/s1. The maximum atomic E-state index is 12.0. The van der Waals surface area contributed by atoms with Crippen molar-refractivity contribution in [1.82, 2.24) is 9.80 Å². The molecule has 10 nitrogen and oxygen atoms in total. The highest BCUT2D eigenvalue weighted by atomic mass is 16.6. The molecule has 4 aromatic carbocycles. The fourth-order valence-corrected chi connectivity index (χ4v) is 7.18. The van der Waals surface area contributed by atoms with Crippen LogP contribution in [0.4, 0.5) is 0 Å². The van der Waals surface area contributed by atoms with Crippen molar-refractivity contribution in [3.8, 4) is 40.2 Å². The summed E-state index contributed by atoms with van der Waals surface area (Å²) in [4.78, 5) is 28.5. The van der Waals surface area contributed by atoms with Gasteiger partial charge in [0.05, 0.1) is 21.3 Å². The average Bonchev–Trinajstić information content (AvgIpc) is 3.11. The number of hydrogen-bond donors (Lipinski definition) is 0. The Labute approximate surface area is 299 Å². The third-order valence-corrected chi connectivity index (χ3v) is 9.85. The van der Waals surface area contributed by atoms with Gasteiger partial charge in [-0.15, -0.1) is 0 Å². The number of carbonyl (C=O) groups is 2. The Kier molecular flexibility index (Phi) is 10.8. The Bertz CT molecular complexity index is 1910. The molecule has 10 heteroatoms. The molecule has 0 spiro atoms. The smallest absolute Gasteiger partial charge is 0.308 e. The molecule has 51 heavy (non-hydrogen) atoms. The van der Waals surface area contributed by atoms with Crippen molar-refractivity contribution in [1.29, 1.82) is 0 Å². The first-order valence-electron chi connectivity index (χ1n) is 17.2. The van der Waals surface area contributed by atoms with E-state index in [1.807, 2.05) is 36.4 Å². The molecular formula is C41H46N2O8. The molecule has 2 aliphatic heterocycles. The second-order valence-electron chi connectivity index (χ2n) is 13.2. The van der Waals surface area contributed by atoms with Gasteiger partial charge in [0, 0.05) is 39.0 Å². The molecular weight excluding hydrogens is 648 g/mol. The molecule has 2 aliphatic rings. The molecule has 2 atom stereocenters. The maximum Gasteiger partial charge on any atom is 0.308 e. The first-order valence-corrected chi connectivity index (χ1v) is 17.2. The Morgan fingerprint density at radius 1 is 0.588 bits per heavy atom. The molecule has 0 aliphatic carbocycles. The SMILES string of the molecule is COc1cc2c(cc1OC)[C@H](Cc1ccc(Oc3cc(C[C@H]4c5cc(OC(C)=O)c(OC)cc5CCN4C)ccc3OC(C)=O)cc1)N(C)CC2. The second-order valence-corrected chi connectivity index (χ2v) is 13.2. The van der Waals surface area contributed by atoms with E-state index >= 15 is 0 Å². The van der Waals surface area contributed by atoms with E-state index in [1.165, 1.54) is 30.5 Å². The summed E-state index contributed by atoms with van der Waals surface area (Å²) < 4.78 is 34.2. The summed E-state index contributed by atoms with van der Waals surface area (Å²) in [6, 6.07) is 22.0. The minimum Gasteiger partial charge on any atom is -0.493 e. The van der Waals surface area contributed by atoms with Crippen LogP contribution in [-0.4, -0.2) is 70.3 Å². The van der Waals surface area contributed by atoms with Crippen LogP contribution in [0.2, 0.25) is 0 Å². The van der Waals surface area contributed by atoms with E-state index in [9.17, 15) is 9.59 Å². The maximum absolute atomic E-state index is 12.0. The van der Waals surface area contributed by atoms with Gasteiger partial charge in [-0.3, -0.25) is 19.4 Å². The third-order valence-electron chi connectivity index (χ3n) is 9.85. The van der Waals surface area contributed by atoms with Gasteiger partial charge in [0.1, 0.15) is 5.75 Å². The predicted molar refractivity (Wildman–Crippen MR) is 194 cm³/mol.